The summed E-state index contributed by atoms with van der Waals surface area (Å²) in [5.41, 5.74) is 0.684. The summed E-state index contributed by atoms with van der Waals surface area (Å²) in [5, 5.41) is 14.4. The highest BCUT2D eigenvalue weighted by molar-refractivity contribution is 14.1. The number of aliphatic hydroxyl groups is 1. The highest BCUT2D eigenvalue weighted by Gasteiger charge is 2.58. The molecule has 2 aliphatic carbocycles. The van der Waals surface area contributed by atoms with Crippen LogP contribution in [0.15, 0.2) is 6.07 Å². The van der Waals surface area contributed by atoms with Crippen molar-refractivity contribution in [1.82, 2.24) is 9.78 Å². The lowest BCUT2D eigenvalue weighted by Gasteiger charge is -2.22. The molecule has 2 saturated carbocycles. The lowest BCUT2D eigenvalue weighted by molar-refractivity contribution is -0.0543. The Bertz CT molecular complexity index is 509. The molecule has 2 aliphatic rings. The van der Waals surface area contributed by atoms with Crippen molar-refractivity contribution >= 4 is 22.6 Å². The van der Waals surface area contributed by atoms with E-state index in [2.05, 4.69) is 52.3 Å². The van der Waals surface area contributed by atoms with E-state index in [1.165, 1.54) is 5.69 Å². The van der Waals surface area contributed by atoms with Crippen LogP contribution in [0, 0.1) is 15.5 Å². The topological polar surface area (TPSA) is 47.3 Å². The van der Waals surface area contributed by atoms with Crippen LogP contribution >= 0.6 is 22.6 Å². The molecule has 1 aromatic heterocycles. The average molecular weight is 404 g/mol. The van der Waals surface area contributed by atoms with Crippen molar-refractivity contribution in [3.8, 4) is 0 Å². The molecule has 0 aromatic carbocycles. The first-order valence-corrected chi connectivity index (χ1v) is 8.93. The van der Waals surface area contributed by atoms with Crippen molar-refractivity contribution in [2.75, 3.05) is 6.61 Å². The Hall–Kier alpha value is -0.140. The molecule has 0 saturated heterocycles. The fourth-order valence-corrected chi connectivity index (χ4v) is 4.28. The highest BCUT2D eigenvalue weighted by Crippen LogP contribution is 2.63. The van der Waals surface area contributed by atoms with Gasteiger partial charge in [-0.25, -0.2) is 0 Å². The molecule has 21 heavy (non-hydrogen) atoms. The van der Waals surface area contributed by atoms with Gasteiger partial charge in [0.1, 0.15) is 3.70 Å². The predicted molar refractivity (Wildman–Crippen MR) is 90.3 cm³/mol. The summed E-state index contributed by atoms with van der Waals surface area (Å²) < 4.78 is 9.15. The molecule has 0 aliphatic heterocycles. The van der Waals surface area contributed by atoms with Crippen LogP contribution < -0.4 is 0 Å². The molecule has 0 bridgehead atoms. The molecule has 3 rings (SSSR count). The molecule has 5 heteroatoms. The van der Waals surface area contributed by atoms with E-state index < -0.39 is 5.60 Å². The fraction of sp³-hybridized carbons (Fsp3) is 0.812. The SMILES string of the molecule is CC(C)n1nc(I)cc1[C@H]1[C@@H]2CC(OCC(C)(C)O)C[C@@H]21. The average Bonchev–Trinajstić information content (AvgIpc) is 2.75. The van der Waals surface area contributed by atoms with E-state index >= 15 is 0 Å². The van der Waals surface area contributed by atoms with Gasteiger partial charge in [-0.15, -0.1) is 0 Å². The van der Waals surface area contributed by atoms with Gasteiger partial charge in [0, 0.05) is 17.7 Å². The number of hydrogen-bond donors (Lipinski definition) is 1. The van der Waals surface area contributed by atoms with Gasteiger partial charge in [-0.2, -0.15) is 5.10 Å². The highest BCUT2D eigenvalue weighted by atomic mass is 127. The van der Waals surface area contributed by atoms with E-state index in [9.17, 15) is 5.11 Å². The Morgan fingerprint density at radius 3 is 2.57 bits per heavy atom. The van der Waals surface area contributed by atoms with Crippen molar-refractivity contribution in [2.45, 2.75) is 64.2 Å². The molecular formula is C16H25IN2O2. The second-order valence-electron chi connectivity index (χ2n) is 7.50. The third kappa shape index (κ3) is 3.29. The normalized spacial score (nSPS) is 31.8. The smallest absolute Gasteiger partial charge is 0.123 e. The van der Waals surface area contributed by atoms with E-state index in [1.54, 1.807) is 13.8 Å². The summed E-state index contributed by atoms with van der Waals surface area (Å²) in [5.74, 6) is 2.18. The summed E-state index contributed by atoms with van der Waals surface area (Å²) in [4.78, 5) is 0. The van der Waals surface area contributed by atoms with Crippen molar-refractivity contribution in [2.24, 2.45) is 11.8 Å². The minimum absolute atomic E-state index is 0.331. The molecule has 0 radical (unpaired) electrons. The summed E-state index contributed by atoms with van der Waals surface area (Å²) in [6.07, 6.45) is 2.59. The molecule has 1 heterocycles. The lowest BCUT2D eigenvalue weighted by atomic mass is 10.1. The van der Waals surface area contributed by atoms with E-state index in [0.717, 1.165) is 28.4 Å². The zero-order valence-corrected chi connectivity index (χ0v) is 15.4. The van der Waals surface area contributed by atoms with E-state index in [-0.39, 0.29) is 0 Å². The molecule has 4 nitrogen and oxygen atoms in total. The molecule has 1 aromatic rings. The van der Waals surface area contributed by atoms with Crippen LogP contribution in [0.1, 0.15) is 58.2 Å². The Morgan fingerprint density at radius 2 is 2.05 bits per heavy atom. The molecular weight excluding hydrogens is 379 g/mol. The maximum absolute atomic E-state index is 9.75. The number of ether oxygens (including phenoxy) is 1. The fourth-order valence-electron chi connectivity index (χ4n) is 3.73. The van der Waals surface area contributed by atoms with Gasteiger partial charge in [0.15, 0.2) is 0 Å². The van der Waals surface area contributed by atoms with Crippen LogP contribution in [-0.4, -0.2) is 33.2 Å². The van der Waals surface area contributed by atoms with Gasteiger partial charge in [-0.3, -0.25) is 4.68 Å². The minimum atomic E-state index is -0.724. The summed E-state index contributed by atoms with van der Waals surface area (Å²) in [7, 11) is 0. The number of nitrogens with zero attached hydrogens (tertiary/aromatic N) is 2. The van der Waals surface area contributed by atoms with Gasteiger partial charge in [-0.05, 0) is 81.0 Å². The first kappa shape index (κ1) is 15.7. The Balaban J connectivity index is 1.60. The number of halogens is 1. The van der Waals surface area contributed by atoms with Gasteiger partial charge in [0.2, 0.25) is 0 Å². The maximum atomic E-state index is 9.75. The van der Waals surface area contributed by atoms with Crippen molar-refractivity contribution in [3.63, 3.8) is 0 Å². The first-order chi connectivity index (χ1) is 9.76. The number of fused-ring (bicyclic) bond motifs is 1. The molecule has 1 N–H and O–H groups in total. The molecule has 0 amide bonds. The molecule has 1 unspecified atom stereocenters. The van der Waals surface area contributed by atoms with Crippen molar-refractivity contribution < 1.29 is 9.84 Å². The zero-order valence-electron chi connectivity index (χ0n) is 13.2. The summed E-state index contributed by atoms with van der Waals surface area (Å²) >= 11 is 2.31. The van der Waals surface area contributed by atoms with Crippen molar-refractivity contribution in [3.05, 3.63) is 15.5 Å². The largest absolute Gasteiger partial charge is 0.388 e. The standard InChI is InChI=1S/C16H25IN2O2/c1-9(2)19-13(7-14(17)18-19)15-11-5-10(6-12(11)15)21-8-16(3,4)20/h7,9-12,15,20H,5-6,8H2,1-4H3/t10?,11-,12+,15+. The Kier molecular flexibility index (Phi) is 4.12. The first-order valence-electron chi connectivity index (χ1n) is 7.85. The number of aromatic nitrogens is 2. The minimum Gasteiger partial charge on any atom is -0.388 e. The molecule has 0 spiro atoms. The van der Waals surface area contributed by atoms with E-state index in [4.69, 9.17) is 4.74 Å². The predicted octanol–water partition coefficient (Wildman–Crippen LogP) is 3.35. The van der Waals surface area contributed by atoms with Gasteiger partial charge in [0.05, 0.1) is 18.3 Å². The van der Waals surface area contributed by atoms with Gasteiger partial charge < -0.3 is 9.84 Å². The molecule has 2 fully saturated rings. The third-order valence-corrected chi connectivity index (χ3v) is 5.17. The summed E-state index contributed by atoms with van der Waals surface area (Å²) in [6, 6.07) is 2.67. The maximum Gasteiger partial charge on any atom is 0.123 e. The Morgan fingerprint density at radius 1 is 1.43 bits per heavy atom. The van der Waals surface area contributed by atoms with Crippen LogP contribution in [0.2, 0.25) is 0 Å². The monoisotopic (exact) mass is 404 g/mol. The van der Waals surface area contributed by atoms with Crippen LogP contribution in [0.25, 0.3) is 0 Å². The second-order valence-corrected chi connectivity index (χ2v) is 8.61. The van der Waals surface area contributed by atoms with Crippen LogP contribution in [0.4, 0.5) is 0 Å². The van der Waals surface area contributed by atoms with Crippen LogP contribution in [0.3, 0.4) is 0 Å². The van der Waals surface area contributed by atoms with Gasteiger partial charge in [-0.1, -0.05) is 0 Å². The summed E-state index contributed by atoms with van der Waals surface area (Å²) in [6.45, 7) is 8.42. The quantitative estimate of drug-likeness (QED) is 0.766. The van der Waals surface area contributed by atoms with E-state index in [0.29, 0.717) is 24.7 Å². The van der Waals surface area contributed by atoms with Crippen LogP contribution in [0.5, 0.6) is 0 Å². The van der Waals surface area contributed by atoms with Gasteiger partial charge in [0.25, 0.3) is 0 Å². The van der Waals surface area contributed by atoms with Crippen LogP contribution in [-0.2, 0) is 4.74 Å². The third-order valence-electron chi connectivity index (χ3n) is 4.64. The molecule has 118 valence electrons. The zero-order chi connectivity index (χ0) is 15.4. The van der Waals surface area contributed by atoms with Gasteiger partial charge >= 0.3 is 0 Å². The van der Waals surface area contributed by atoms with Crippen molar-refractivity contribution in [1.29, 1.82) is 0 Å². The van der Waals surface area contributed by atoms with E-state index in [1.807, 2.05) is 0 Å². The number of hydrogen-bond acceptors (Lipinski definition) is 3. The number of rotatable bonds is 5. The Labute approximate surface area is 140 Å². The lowest BCUT2D eigenvalue weighted by Crippen LogP contribution is -2.29. The molecule has 4 atom stereocenters. The second kappa shape index (κ2) is 5.49.